The number of methoxy groups -OCH3 is 1. The van der Waals surface area contributed by atoms with Crippen LogP contribution in [0.25, 0.3) is 0 Å². The summed E-state index contributed by atoms with van der Waals surface area (Å²) in [5.74, 6) is -0.816. The lowest BCUT2D eigenvalue weighted by Gasteiger charge is -2.48. The fourth-order valence-corrected chi connectivity index (χ4v) is 2.28. The Labute approximate surface area is 121 Å². The molecule has 21 heavy (non-hydrogen) atoms. The first kappa shape index (κ1) is 15.0. The smallest absolute Gasteiger partial charge is 0.329 e. The Kier molecular flexibility index (Phi) is 3.99. The second-order valence-corrected chi connectivity index (χ2v) is 5.10. The van der Waals surface area contributed by atoms with E-state index in [2.05, 4.69) is 0 Å². The Morgan fingerprint density at radius 2 is 2.19 bits per heavy atom. The van der Waals surface area contributed by atoms with Crippen molar-refractivity contribution < 1.29 is 24.3 Å². The van der Waals surface area contributed by atoms with Gasteiger partial charge in [0.05, 0.1) is 12.0 Å². The average molecular weight is 296 g/mol. The van der Waals surface area contributed by atoms with E-state index in [1.165, 1.54) is 13.2 Å². The third-order valence-electron chi connectivity index (χ3n) is 3.32. The summed E-state index contributed by atoms with van der Waals surface area (Å²) >= 11 is 0. The Morgan fingerprint density at radius 3 is 2.71 bits per heavy atom. The lowest BCUT2D eigenvalue weighted by atomic mass is 9.95. The maximum Gasteiger partial charge on any atom is 0.329 e. The molecule has 1 aliphatic heterocycles. The maximum absolute atomic E-state index is 10.8. The highest BCUT2D eigenvalue weighted by Crippen LogP contribution is 2.36. The summed E-state index contributed by atoms with van der Waals surface area (Å²) in [5, 5.41) is 19.4. The van der Waals surface area contributed by atoms with Crippen LogP contribution in [-0.4, -0.2) is 48.4 Å². The number of hydrogen-bond donors (Lipinski definition) is 1. The van der Waals surface area contributed by atoms with E-state index in [9.17, 15) is 14.9 Å². The number of ether oxygens (including phenoxy) is 2. The van der Waals surface area contributed by atoms with Crippen LogP contribution in [0.2, 0.25) is 0 Å². The fourth-order valence-electron chi connectivity index (χ4n) is 2.28. The van der Waals surface area contributed by atoms with Gasteiger partial charge in [0.1, 0.15) is 12.2 Å². The predicted molar refractivity (Wildman–Crippen MR) is 73.9 cm³/mol. The third kappa shape index (κ3) is 3.22. The zero-order valence-electron chi connectivity index (χ0n) is 11.7. The van der Waals surface area contributed by atoms with Gasteiger partial charge >= 0.3 is 11.7 Å². The SMILES string of the molecule is COc1cc(N2CC(C)(OCC(=O)O)C2)ccc1[N+](=O)[O-]. The molecule has 1 heterocycles. The molecule has 0 radical (unpaired) electrons. The number of benzene rings is 1. The number of nitrogens with zero attached hydrogens (tertiary/aromatic N) is 2. The summed E-state index contributed by atoms with van der Waals surface area (Å²) < 4.78 is 10.3. The van der Waals surface area contributed by atoms with Crippen LogP contribution < -0.4 is 9.64 Å². The van der Waals surface area contributed by atoms with Crippen molar-refractivity contribution in [1.82, 2.24) is 0 Å². The summed E-state index contributed by atoms with van der Waals surface area (Å²) in [6.07, 6.45) is 0. The van der Waals surface area contributed by atoms with Crippen molar-refractivity contribution in [1.29, 1.82) is 0 Å². The first-order chi connectivity index (χ1) is 9.84. The van der Waals surface area contributed by atoms with Crippen molar-refractivity contribution in [2.24, 2.45) is 0 Å². The molecule has 1 aromatic rings. The molecule has 0 saturated carbocycles. The molecule has 1 N–H and O–H groups in total. The molecule has 1 saturated heterocycles. The van der Waals surface area contributed by atoms with Gasteiger partial charge in [0, 0.05) is 30.9 Å². The van der Waals surface area contributed by atoms with E-state index in [0.717, 1.165) is 5.69 Å². The Hall–Kier alpha value is -2.35. The molecule has 0 amide bonds. The van der Waals surface area contributed by atoms with E-state index >= 15 is 0 Å². The van der Waals surface area contributed by atoms with Gasteiger partial charge in [-0.25, -0.2) is 4.79 Å². The molecule has 8 heteroatoms. The van der Waals surface area contributed by atoms with Gasteiger partial charge in [-0.3, -0.25) is 10.1 Å². The van der Waals surface area contributed by atoms with Crippen LogP contribution in [0.3, 0.4) is 0 Å². The Balaban J connectivity index is 2.05. The van der Waals surface area contributed by atoms with Crippen molar-refractivity contribution in [2.75, 3.05) is 31.7 Å². The number of nitro benzene ring substituents is 1. The molecule has 0 spiro atoms. The quantitative estimate of drug-likeness (QED) is 0.623. The standard InChI is InChI=1S/C13H16N2O6/c1-13(21-6-12(16)17)7-14(8-13)9-3-4-10(15(18)19)11(5-9)20-2/h3-5H,6-8H2,1-2H3,(H,16,17). The molecule has 2 rings (SSSR count). The Bertz CT molecular complexity index is 568. The van der Waals surface area contributed by atoms with Crippen molar-refractivity contribution in [3.63, 3.8) is 0 Å². The fraction of sp³-hybridized carbons (Fsp3) is 0.462. The molecule has 0 atom stereocenters. The van der Waals surface area contributed by atoms with Crippen molar-refractivity contribution in [3.8, 4) is 5.75 Å². The lowest BCUT2D eigenvalue weighted by molar-refractivity contribution is -0.385. The molecule has 1 fully saturated rings. The minimum atomic E-state index is -1.01. The highest BCUT2D eigenvalue weighted by Gasteiger charge is 2.40. The van der Waals surface area contributed by atoms with Crippen molar-refractivity contribution >= 4 is 17.3 Å². The number of aliphatic carboxylic acids is 1. The molecule has 8 nitrogen and oxygen atoms in total. The Morgan fingerprint density at radius 1 is 1.52 bits per heavy atom. The van der Waals surface area contributed by atoms with E-state index in [1.807, 2.05) is 11.8 Å². The lowest BCUT2D eigenvalue weighted by Crippen LogP contribution is -2.62. The predicted octanol–water partition coefficient (Wildman–Crippen LogP) is 1.28. The van der Waals surface area contributed by atoms with Gasteiger partial charge in [-0.15, -0.1) is 0 Å². The van der Waals surface area contributed by atoms with Gasteiger partial charge in [0.25, 0.3) is 0 Å². The molecule has 1 aliphatic rings. The van der Waals surface area contributed by atoms with Gasteiger partial charge in [-0.05, 0) is 13.0 Å². The van der Waals surface area contributed by atoms with Crippen molar-refractivity contribution in [2.45, 2.75) is 12.5 Å². The molecular weight excluding hydrogens is 280 g/mol. The molecule has 114 valence electrons. The second kappa shape index (κ2) is 5.57. The van der Waals surface area contributed by atoms with Gasteiger partial charge in [-0.1, -0.05) is 0 Å². The largest absolute Gasteiger partial charge is 0.490 e. The van der Waals surface area contributed by atoms with E-state index < -0.39 is 16.5 Å². The molecule has 0 bridgehead atoms. The van der Waals surface area contributed by atoms with Crippen LogP contribution >= 0.6 is 0 Å². The van der Waals surface area contributed by atoms with Crippen LogP contribution in [0, 0.1) is 10.1 Å². The minimum Gasteiger partial charge on any atom is -0.490 e. The second-order valence-electron chi connectivity index (χ2n) is 5.10. The van der Waals surface area contributed by atoms with Gasteiger partial charge < -0.3 is 19.5 Å². The van der Waals surface area contributed by atoms with Crippen molar-refractivity contribution in [3.05, 3.63) is 28.3 Å². The molecular formula is C13H16N2O6. The van der Waals surface area contributed by atoms with Crippen LogP contribution in [-0.2, 0) is 9.53 Å². The first-order valence-corrected chi connectivity index (χ1v) is 6.28. The van der Waals surface area contributed by atoms with E-state index in [1.54, 1.807) is 12.1 Å². The molecule has 1 aromatic carbocycles. The summed E-state index contributed by atoms with van der Waals surface area (Å²) in [4.78, 5) is 22.8. The highest BCUT2D eigenvalue weighted by atomic mass is 16.6. The van der Waals surface area contributed by atoms with Crippen LogP contribution in [0.1, 0.15) is 6.92 Å². The first-order valence-electron chi connectivity index (χ1n) is 6.28. The van der Waals surface area contributed by atoms with E-state index in [4.69, 9.17) is 14.6 Å². The van der Waals surface area contributed by atoms with Crippen LogP contribution in [0.4, 0.5) is 11.4 Å². The van der Waals surface area contributed by atoms with Crippen LogP contribution in [0.5, 0.6) is 5.75 Å². The average Bonchev–Trinajstić information content (AvgIpc) is 2.41. The number of hydrogen-bond acceptors (Lipinski definition) is 6. The normalized spacial score (nSPS) is 16.2. The highest BCUT2D eigenvalue weighted by molar-refractivity contribution is 5.68. The number of carbonyl (C=O) groups is 1. The monoisotopic (exact) mass is 296 g/mol. The number of carboxylic acids is 1. The maximum atomic E-state index is 10.8. The summed E-state index contributed by atoms with van der Waals surface area (Å²) in [6.45, 7) is 2.52. The third-order valence-corrected chi connectivity index (χ3v) is 3.32. The zero-order chi connectivity index (χ0) is 15.6. The topological polar surface area (TPSA) is 102 Å². The summed E-state index contributed by atoms with van der Waals surface area (Å²) in [5.41, 5.74) is 0.161. The van der Waals surface area contributed by atoms with Gasteiger partial charge in [0.15, 0.2) is 5.75 Å². The number of anilines is 1. The molecule has 0 unspecified atom stereocenters. The minimum absolute atomic E-state index is 0.0911. The van der Waals surface area contributed by atoms with E-state index in [-0.39, 0.29) is 18.0 Å². The summed E-state index contributed by atoms with van der Waals surface area (Å²) in [6, 6.07) is 4.62. The summed E-state index contributed by atoms with van der Waals surface area (Å²) in [7, 11) is 1.38. The van der Waals surface area contributed by atoms with E-state index in [0.29, 0.717) is 13.1 Å². The molecule has 0 aliphatic carbocycles. The van der Waals surface area contributed by atoms with Gasteiger partial charge in [0.2, 0.25) is 0 Å². The number of rotatable bonds is 6. The van der Waals surface area contributed by atoms with Gasteiger partial charge in [-0.2, -0.15) is 0 Å². The zero-order valence-corrected chi connectivity index (χ0v) is 11.7. The number of carboxylic acid groups (broad SMARTS) is 1. The number of nitro groups is 1. The molecule has 0 aromatic heterocycles. The van der Waals surface area contributed by atoms with Crippen LogP contribution in [0.15, 0.2) is 18.2 Å².